The summed E-state index contributed by atoms with van der Waals surface area (Å²) in [6.07, 6.45) is 0.323. The van der Waals surface area contributed by atoms with Gasteiger partial charge < -0.3 is 15.8 Å². The molecule has 3 N–H and O–H groups in total. The summed E-state index contributed by atoms with van der Waals surface area (Å²) in [5, 5.41) is 2.47. The highest BCUT2D eigenvalue weighted by molar-refractivity contribution is 6.27. The number of hydrogen-bond donors (Lipinski definition) is 2. The monoisotopic (exact) mass is 249 g/mol. The highest BCUT2D eigenvalue weighted by Crippen LogP contribution is 1.96. The lowest BCUT2D eigenvalue weighted by atomic mass is 10.2. The van der Waals surface area contributed by atoms with Gasteiger partial charge in [-0.15, -0.1) is 11.6 Å². The van der Waals surface area contributed by atoms with Crippen LogP contribution in [0.3, 0.4) is 0 Å². The van der Waals surface area contributed by atoms with Crippen LogP contribution < -0.4 is 11.1 Å². The van der Waals surface area contributed by atoms with Crippen molar-refractivity contribution in [2.24, 2.45) is 10.7 Å². The Balaban J connectivity index is 4.22. The fourth-order valence-corrected chi connectivity index (χ4v) is 1.10. The van der Waals surface area contributed by atoms with Crippen LogP contribution in [0.15, 0.2) is 4.99 Å². The number of rotatable bonds is 6. The summed E-state index contributed by atoms with van der Waals surface area (Å²) >= 11 is 5.42. The van der Waals surface area contributed by atoms with Crippen LogP contribution in [0.2, 0.25) is 0 Å². The Labute approximate surface area is 99.2 Å². The Morgan fingerprint density at radius 1 is 1.56 bits per heavy atom. The summed E-state index contributed by atoms with van der Waals surface area (Å²) in [6, 6.07) is -0.700. The first-order chi connectivity index (χ1) is 7.51. The van der Waals surface area contributed by atoms with E-state index in [2.05, 4.69) is 15.0 Å². The topological polar surface area (TPSA) is 93.8 Å². The molecule has 6 nitrogen and oxygen atoms in total. The summed E-state index contributed by atoms with van der Waals surface area (Å²) < 4.78 is 4.54. The average molecular weight is 250 g/mol. The zero-order chi connectivity index (χ0) is 12.6. The Hall–Kier alpha value is -1.30. The van der Waals surface area contributed by atoms with Crippen molar-refractivity contribution < 1.29 is 14.3 Å². The van der Waals surface area contributed by atoms with E-state index in [0.29, 0.717) is 18.8 Å². The van der Waals surface area contributed by atoms with Crippen molar-refractivity contribution in [2.75, 3.05) is 19.5 Å². The van der Waals surface area contributed by atoms with Crippen LogP contribution in [0.4, 0.5) is 0 Å². The summed E-state index contributed by atoms with van der Waals surface area (Å²) in [5.41, 5.74) is 5.38. The molecule has 0 saturated heterocycles. The number of methoxy groups -OCH3 is 1. The van der Waals surface area contributed by atoms with Gasteiger partial charge in [0.05, 0.1) is 13.0 Å². The van der Waals surface area contributed by atoms with Crippen molar-refractivity contribution in [3.8, 4) is 0 Å². The van der Waals surface area contributed by atoms with E-state index in [1.807, 2.05) is 0 Å². The molecule has 92 valence electrons. The molecule has 0 radical (unpaired) electrons. The van der Waals surface area contributed by atoms with Crippen molar-refractivity contribution in [2.45, 2.75) is 19.4 Å². The third-order valence-electron chi connectivity index (χ3n) is 1.73. The first kappa shape index (κ1) is 14.7. The number of esters is 1. The molecule has 0 saturated carbocycles. The van der Waals surface area contributed by atoms with Gasteiger partial charge in [-0.05, 0) is 6.42 Å². The van der Waals surface area contributed by atoms with Crippen molar-refractivity contribution in [3.63, 3.8) is 0 Å². The van der Waals surface area contributed by atoms with Gasteiger partial charge in [-0.2, -0.15) is 0 Å². The maximum atomic E-state index is 11.3. The number of aliphatic imine (C=N–C) groups is 1. The molecule has 16 heavy (non-hydrogen) atoms. The number of nitrogens with zero attached hydrogens (tertiary/aromatic N) is 1. The Morgan fingerprint density at radius 3 is 2.62 bits per heavy atom. The Kier molecular flexibility index (Phi) is 7.28. The maximum Gasteiger partial charge on any atom is 0.328 e. The highest BCUT2D eigenvalue weighted by atomic mass is 35.5. The highest BCUT2D eigenvalue weighted by Gasteiger charge is 2.19. The van der Waals surface area contributed by atoms with Gasteiger partial charge >= 0.3 is 5.97 Å². The molecule has 1 amide bonds. The van der Waals surface area contributed by atoms with Gasteiger partial charge in [0.1, 0.15) is 11.9 Å². The molecule has 0 aromatic heterocycles. The lowest BCUT2D eigenvalue weighted by Gasteiger charge is -2.13. The van der Waals surface area contributed by atoms with Crippen LogP contribution in [0.1, 0.15) is 13.3 Å². The zero-order valence-electron chi connectivity index (χ0n) is 9.33. The van der Waals surface area contributed by atoms with Crippen LogP contribution in [0, 0.1) is 0 Å². The third-order valence-corrected chi connectivity index (χ3v) is 2.01. The largest absolute Gasteiger partial charge is 0.467 e. The molecule has 0 aromatic rings. The molecule has 0 aliphatic heterocycles. The minimum absolute atomic E-state index is 0.142. The smallest absolute Gasteiger partial charge is 0.328 e. The minimum atomic E-state index is -0.700. The zero-order valence-corrected chi connectivity index (χ0v) is 10.1. The van der Waals surface area contributed by atoms with E-state index in [-0.39, 0.29) is 11.8 Å². The molecule has 0 spiro atoms. The predicted octanol–water partition coefficient (Wildman–Crippen LogP) is -0.350. The van der Waals surface area contributed by atoms with E-state index in [4.69, 9.17) is 17.3 Å². The number of nitrogens with two attached hydrogens (primary N) is 1. The van der Waals surface area contributed by atoms with Crippen LogP contribution in [0.5, 0.6) is 0 Å². The Morgan fingerprint density at radius 2 is 2.19 bits per heavy atom. The van der Waals surface area contributed by atoms with Crippen LogP contribution >= 0.6 is 11.6 Å². The molecular formula is C9H16ClN3O3. The number of amidine groups is 1. The summed E-state index contributed by atoms with van der Waals surface area (Å²) in [7, 11) is 1.26. The quantitative estimate of drug-likeness (QED) is 0.291. The second-order valence-electron chi connectivity index (χ2n) is 3.07. The van der Waals surface area contributed by atoms with Gasteiger partial charge in [0, 0.05) is 13.5 Å². The number of alkyl halides is 1. The first-order valence-electron chi connectivity index (χ1n) is 4.71. The fraction of sp³-hybridized carbons (Fsp3) is 0.667. The third kappa shape index (κ3) is 6.23. The summed E-state index contributed by atoms with van der Waals surface area (Å²) in [6.45, 7) is 1.63. The van der Waals surface area contributed by atoms with Gasteiger partial charge in [-0.1, -0.05) is 0 Å². The molecule has 0 aromatic carbocycles. The molecule has 0 bridgehead atoms. The second kappa shape index (κ2) is 7.92. The molecule has 1 atom stereocenters. The second-order valence-corrected chi connectivity index (χ2v) is 3.34. The molecule has 0 aliphatic rings. The van der Waals surface area contributed by atoms with Gasteiger partial charge in [0.15, 0.2) is 0 Å². The van der Waals surface area contributed by atoms with Crippen molar-refractivity contribution in [1.82, 2.24) is 5.32 Å². The maximum absolute atomic E-state index is 11.3. The van der Waals surface area contributed by atoms with Crippen molar-refractivity contribution in [1.29, 1.82) is 0 Å². The number of nitrogens with one attached hydrogen (secondary N) is 1. The molecule has 0 fully saturated rings. The van der Waals surface area contributed by atoms with Crippen LogP contribution in [0.25, 0.3) is 0 Å². The lowest BCUT2D eigenvalue weighted by molar-refractivity contribution is -0.145. The van der Waals surface area contributed by atoms with E-state index in [0.717, 1.165) is 0 Å². The average Bonchev–Trinajstić information content (AvgIpc) is 2.25. The molecule has 0 heterocycles. The number of ether oxygens (including phenoxy) is 1. The van der Waals surface area contributed by atoms with Gasteiger partial charge in [0.25, 0.3) is 0 Å². The van der Waals surface area contributed by atoms with Gasteiger partial charge in [-0.25, -0.2) is 4.79 Å². The Bertz CT molecular complexity index is 281. The van der Waals surface area contributed by atoms with Gasteiger partial charge in [-0.3, -0.25) is 9.79 Å². The van der Waals surface area contributed by atoms with E-state index >= 15 is 0 Å². The molecule has 0 aliphatic carbocycles. The molecular weight excluding hydrogens is 234 g/mol. The number of halogens is 1. The van der Waals surface area contributed by atoms with E-state index in [1.165, 1.54) is 14.0 Å². The predicted molar refractivity (Wildman–Crippen MR) is 61.4 cm³/mol. The van der Waals surface area contributed by atoms with Crippen LogP contribution in [-0.2, 0) is 14.3 Å². The number of hydrogen-bond acceptors (Lipinski definition) is 4. The summed E-state index contributed by atoms with van der Waals surface area (Å²) in [4.78, 5) is 26.0. The summed E-state index contributed by atoms with van der Waals surface area (Å²) in [5.74, 6) is -0.365. The normalized spacial score (nSPS) is 13.1. The minimum Gasteiger partial charge on any atom is -0.467 e. The fourth-order valence-electron chi connectivity index (χ4n) is 1.02. The van der Waals surface area contributed by atoms with E-state index < -0.39 is 12.0 Å². The van der Waals surface area contributed by atoms with Crippen LogP contribution in [-0.4, -0.2) is 43.3 Å². The molecule has 0 unspecified atom stereocenters. The van der Waals surface area contributed by atoms with Gasteiger partial charge in [0.2, 0.25) is 5.91 Å². The van der Waals surface area contributed by atoms with Crippen molar-refractivity contribution >= 4 is 29.3 Å². The SMILES string of the molecule is COC(=O)[C@@H](CCN=C(N)CCl)NC(C)=O. The molecule has 7 heteroatoms. The molecule has 0 rings (SSSR count). The van der Waals surface area contributed by atoms with E-state index in [9.17, 15) is 9.59 Å². The number of amides is 1. The lowest BCUT2D eigenvalue weighted by Crippen LogP contribution is -2.41. The first-order valence-corrected chi connectivity index (χ1v) is 5.24. The standard InChI is InChI=1S/C9H16ClN3O3/c1-6(14)13-7(9(15)16-2)3-4-12-8(11)5-10/h7H,3-5H2,1-2H3,(H2,11,12)(H,13,14)/t7-/m1/s1. The number of carbonyl (C=O) groups excluding carboxylic acids is 2. The van der Waals surface area contributed by atoms with E-state index in [1.54, 1.807) is 0 Å². The number of carbonyl (C=O) groups is 2. The van der Waals surface area contributed by atoms with Crippen molar-refractivity contribution in [3.05, 3.63) is 0 Å².